The number of rotatable bonds is 1. The zero-order valence-electron chi connectivity index (χ0n) is 13.1. The van der Waals surface area contributed by atoms with Gasteiger partial charge in [-0.05, 0) is 0 Å². The first kappa shape index (κ1) is 19.5. The molecular formula is C18H23Cl2Zr. The Bertz CT molecular complexity index is 542. The summed E-state index contributed by atoms with van der Waals surface area (Å²) in [5, 5.41) is 0. The molecule has 0 aromatic heterocycles. The van der Waals surface area contributed by atoms with E-state index in [1.165, 1.54) is 37.7 Å². The molecule has 0 heterocycles. The predicted octanol–water partition coefficient (Wildman–Crippen LogP) is -0.554. The number of fused-ring (bicyclic) bond motifs is 1. The van der Waals surface area contributed by atoms with Gasteiger partial charge in [-0.25, -0.2) is 0 Å². The molecule has 0 bridgehead atoms. The van der Waals surface area contributed by atoms with Crippen LogP contribution in [0.3, 0.4) is 0 Å². The van der Waals surface area contributed by atoms with Crippen LogP contribution in [-0.4, -0.2) is 0 Å². The van der Waals surface area contributed by atoms with E-state index < -0.39 is 0 Å². The van der Waals surface area contributed by atoms with E-state index in [0.717, 1.165) is 5.92 Å². The Morgan fingerprint density at radius 3 is 2.19 bits per heavy atom. The molecule has 0 saturated heterocycles. The van der Waals surface area contributed by atoms with Gasteiger partial charge in [-0.3, -0.25) is 0 Å². The van der Waals surface area contributed by atoms with Crippen LogP contribution in [0, 0.1) is 6.92 Å². The van der Waals surface area contributed by atoms with Crippen LogP contribution in [0.15, 0.2) is 17.7 Å². The van der Waals surface area contributed by atoms with Crippen LogP contribution in [0.2, 0.25) is 0 Å². The van der Waals surface area contributed by atoms with E-state index in [1.54, 1.807) is 52.6 Å². The molecule has 1 unspecified atom stereocenters. The van der Waals surface area contributed by atoms with Crippen LogP contribution in [0.1, 0.15) is 77.7 Å². The van der Waals surface area contributed by atoms with Gasteiger partial charge >= 0.3 is 133 Å². The van der Waals surface area contributed by atoms with Gasteiger partial charge in [0.1, 0.15) is 0 Å². The molecule has 21 heavy (non-hydrogen) atoms. The minimum atomic E-state index is 0. The molecule has 3 rings (SSSR count). The first-order chi connectivity index (χ1) is 9.11. The van der Waals surface area contributed by atoms with Crippen LogP contribution >= 0.6 is 0 Å². The van der Waals surface area contributed by atoms with Crippen molar-refractivity contribution in [3.63, 3.8) is 0 Å². The van der Waals surface area contributed by atoms with Gasteiger partial charge in [0.25, 0.3) is 0 Å². The molecule has 0 amide bonds. The molecule has 0 spiro atoms. The number of allylic oxidation sites excluding steroid dienone is 2. The van der Waals surface area contributed by atoms with Crippen LogP contribution in [0.5, 0.6) is 0 Å². The Balaban J connectivity index is 0.00000110. The summed E-state index contributed by atoms with van der Waals surface area (Å²) in [6, 6.07) is 4.82. The van der Waals surface area contributed by atoms with Crippen LogP contribution in [0.4, 0.5) is 0 Å². The summed E-state index contributed by atoms with van der Waals surface area (Å²) < 4.78 is 0.714. The van der Waals surface area contributed by atoms with E-state index in [0.29, 0.717) is 3.63 Å². The SMILES string of the molecule is CC1=C(C)[CH]([Zr+2])c2c(C)ccc(C3CCCCC3)c21.[Cl-].[Cl-]. The smallest absolute Gasteiger partial charge is 1.00 e. The van der Waals surface area contributed by atoms with Crippen molar-refractivity contribution in [2.75, 3.05) is 0 Å². The maximum Gasteiger partial charge on any atom is -1.00 e. The second kappa shape index (κ2) is 7.80. The molecule has 0 N–H and O–H groups in total. The Labute approximate surface area is 156 Å². The van der Waals surface area contributed by atoms with Crippen molar-refractivity contribution < 1.29 is 49.5 Å². The summed E-state index contributed by atoms with van der Waals surface area (Å²) >= 11 is 1.65. The second-order valence-electron chi connectivity index (χ2n) is 6.34. The molecule has 1 aromatic rings. The standard InChI is InChI=1S/C18H23.2ClH.Zr/c1-12-9-10-16(15-7-5-4-6-8-15)18-14(3)13(2)11-17(12)18;;;/h9-11,15H,4-8H2,1-3H3;2*1H;/q;;;+2/p-2. The topological polar surface area (TPSA) is 0 Å². The normalized spacial score (nSPS) is 21.7. The minimum Gasteiger partial charge on any atom is -1.00 e. The van der Waals surface area contributed by atoms with E-state index in [4.69, 9.17) is 0 Å². The fourth-order valence-corrected chi connectivity index (χ4v) is 5.36. The summed E-state index contributed by atoms with van der Waals surface area (Å²) in [6.45, 7) is 7.00. The summed E-state index contributed by atoms with van der Waals surface area (Å²) in [5.74, 6) is 0.826. The van der Waals surface area contributed by atoms with Gasteiger partial charge < -0.3 is 24.8 Å². The quantitative estimate of drug-likeness (QED) is 0.592. The number of halogens is 2. The summed E-state index contributed by atoms with van der Waals surface area (Å²) in [4.78, 5) is 0. The van der Waals surface area contributed by atoms with Gasteiger partial charge in [-0.15, -0.1) is 0 Å². The average molecular weight is 402 g/mol. The van der Waals surface area contributed by atoms with Gasteiger partial charge in [0, 0.05) is 0 Å². The van der Waals surface area contributed by atoms with E-state index in [9.17, 15) is 0 Å². The van der Waals surface area contributed by atoms with Crippen LogP contribution < -0.4 is 24.8 Å². The van der Waals surface area contributed by atoms with Crippen LogP contribution in [-0.2, 0) is 24.7 Å². The van der Waals surface area contributed by atoms with Crippen molar-refractivity contribution in [1.82, 2.24) is 0 Å². The van der Waals surface area contributed by atoms with Gasteiger partial charge in [0.15, 0.2) is 0 Å². The Kier molecular flexibility index (Phi) is 7.23. The first-order valence-electron chi connectivity index (χ1n) is 7.63. The number of aryl methyl sites for hydroxylation is 1. The average Bonchev–Trinajstić information content (AvgIpc) is 2.66. The Hall–Kier alpha value is 0.423. The zero-order valence-corrected chi connectivity index (χ0v) is 17.1. The molecule has 2 aliphatic carbocycles. The van der Waals surface area contributed by atoms with E-state index in [-0.39, 0.29) is 24.8 Å². The van der Waals surface area contributed by atoms with E-state index >= 15 is 0 Å². The van der Waals surface area contributed by atoms with E-state index in [2.05, 4.69) is 32.9 Å². The first-order valence-corrected chi connectivity index (χ1v) is 9.05. The van der Waals surface area contributed by atoms with Crippen LogP contribution in [0.25, 0.3) is 5.57 Å². The minimum absolute atomic E-state index is 0. The molecule has 0 nitrogen and oxygen atoms in total. The van der Waals surface area contributed by atoms with Crippen molar-refractivity contribution in [1.29, 1.82) is 0 Å². The molecule has 113 valence electrons. The molecule has 1 atom stereocenters. The van der Waals surface area contributed by atoms with Crippen molar-refractivity contribution in [3.05, 3.63) is 40.0 Å². The van der Waals surface area contributed by atoms with Crippen molar-refractivity contribution >= 4 is 5.57 Å². The number of benzene rings is 1. The summed E-state index contributed by atoms with van der Waals surface area (Å²) in [5.41, 5.74) is 9.69. The zero-order chi connectivity index (χ0) is 13.6. The fraction of sp³-hybridized carbons (Fsp3) is 0.556. The van der Waals surface area contributed by atoms with Gasteiger partial charge in [0.2, 0.25) is 0 Å². The summed E-state index contributed by atoms with van der Waals surface area (Å²) in [7, 11) is 0. The molecule has 1 aromatic carbocycles. The molecule has 0 radical (unpaired) electrons. The third-order valence-corrected chi connectivity index (χ3v) is 7.00. The third-order valence-electron chi connectivity index (χ3n) is 5.23. The second-order valence-corrected chi connectivity index (χ2v) is 7.76. The number of hydrogen-bond donors (Lipinski definition) is 0. The Morgan fingerprint density at radius 1 is 0.952 bits per heavy atom. The van der Waals surface area contributed by atoms with Crippen molar-refractivity contribution in [2.45, 2.75) is 62.4 Å². The van der Waals surface area contributed by atoms with Crippen molar-refractivity contribution in [2.24, 2.45) is 0 Å². The van der Waals surface area contributed by atoms with Crippen molar-refractivity contribution in [3.8, 4) is 0 Å². The van der Waals surface area contributed by atoms with Gasteiger partial charge in [-0.1, -0.05) is 0 Å². The molecular weight excluding hydrogens is 378 g/mol. The molecule has 3 heteroatoms. The maximum absolute atomic E-state index is 2.44. The fourth-order valence-electron chi connectivity index (χ4n) is 3.92. The third kappa shape index (κ3) is 3.36. The molecule has 1 fully saturated rings. The molecule has 1 saturated carbocycles. The van der Waals surface area contributed by atoms with E-state index in [1.807, 2.05) is 0 Å². The summed E-state index contributed by atoms with van der Waals surface area (Å²) in [6.07, 6.45) is 7.11. The Morgan fingerprint density at radius 2 is 1.57 bits per heavy atom. The monoisotopic (exact) mass is 399 g/mol. The molecule has 0 aliphatic heterocycles. The maximum atomic E-state index is 2.44. The van der Waals surface area contributed by atoms with Gasteiger partial charge in [0.05, 0.1) is 0 Å². The molecule has 2 aliphatic rings. The van der Waals surface area contributed by atoms with Gasteiger partial charge in [-0.2, -0.15) is 0 Å². The predicted molar refractivity (Wildman–Crippen MR) is 78.0 cm³/mol. The number of hydrogen-bond acceptors (Lipinski definition) is 0. The largest absolute Gasteiger partial charge is 1.00 e.